The van der Waals surface area contributed by atoms with Gasteiger partial charge in [-0.1, -0.05) is 30.3 Å². The predicted molar refractivity (Wildman–Crippen MR) is 121 cm³/mol. The van der Waals surface area contributed by atoms with Crippen LogP contribution in [0.15, 0.2) is 66.9 Å². The zero-order valence-corrected chi connectivity index (χ0v) is 17.3. The Morgan fingerprint density at radius 3 is 2.45 bits per heavy atom. The summed E-state index contributed by atoms with van der Waals surface area (Å²) in [5.74, 6) is 0.531. The Kier molecular flexibility index (Phi) is 6.85. The molecule has 0 aliphatic heterocycles. The Labute approximate surface area is 172 Å². The van der Waals surface area contributed by atoms with Gasteiger partial charge >= 0.3 is 0 Å². The highest BCUT2D eigenvalue weighted by Crippen LogP contribution is 2.23. The molecule has 0 bridgehead atoms. The van der Waals surface area contributed by atoms with E-state index in [0.29, 0.717) is 17.9 Å². The molecule has 1 heterocycles. The van der Waals surface area contributed by atoms with Gasteiger partial charge in [0.2, 0.25) is 0 Å². The van der Waals surface area contributed by atoms with Crippen LogP contribution in [0.4, 0.5) is 17.2 Å². The Morgan fingerprint density at radius 1 is 1.00 bits per heavy atom. The molecule has 0 aliphatic rings. The number of aryl methyl sites for hydroxylation is 1. The number of aromatic nitrogens is 1. The number of carbonyl (C=O) groups excluding carboxylic acids is 1. The summed E-state index contributed by atoms with van der Waals surface area (Å²) in [6, 6.07) is 19.7. The van der Waals surface area contributed by atoms with Crippen LogP contribution in [0.2, 0.25) is 0 Å². The van der Waals surface area contributed by atoms with Gasteiger partial charge in [0.1, 0.15) is 5.82 Å². The molecule has 5 nitrogen and oxygen atoms in total. The third-order valence-electron chi connectivity index (χ3n) is 4.93. The summed E-state index contributed by atoms with van der Waals surface area (Å²) in [5, 5.41) is 6.28. The summed E-state index contributed by atoms with van der Waals surface area (Å²) in [6.07, 6.45) is 1.65. The van der Waals surface area contributed by atoms with Crippen LogP contribution < -0.4 is 15.5 Å². The van der Waals surface area contributed by atoms with Gasteiger partial charge in [0.05, 0.1) is 0 Å². The molecule has 0 atom stereocenters. The number of pyridine rings is 1. The second-order valence-electron chi connectivity index (χ2n) is 6.89. The molecule has 1 aromatic heterocycles. The smallest absolute Gasteiger partial charge is 0.255 e. The van der Waals surface area contributed by atoms with E-state index in [4.69, 9.17) is 0 Å². The largest absolute Gasteiger partial charge is 0.372 e. The standard InChI is InChI=1S/C24H28N4O/c1-4-28(5-2)21-11-12-22(18(3)15-21)27-24(29)20-13-14-25-23(16-20)26-17-19-9-7-6-8-10-19/h6-16H,4-5,17H2,1-3H3,(H,25,26)(H,27,29). The number of amides is 1. The molecular weight excluding hydrogens is 360 g/mol. The van der Waals surface area contributed by atoms with Crippen molar-refractivity contribution in [3.8, 4) is 0 Å². The van der Waals surface area contributed by atoms with Crippen molar-refractivity contribution in [1.29, 1.82) is 0 Å². The number of anilines is 3. The van der Waals surface area contributed by atoms with Gasteiger partial charge in [0, 0.05) is 42.8 Å². The minimum Gasteiger partial charge on any atom is -0.372 e. The number of hydrogen-bond donors (Lipinski definition) is 2. The molecule has 0 aliphatic carbocycles. The normalized spacial score (nSPS) is 10.4. The molecule has 5 heteroatoms. The molecule has 0 saturated carbocycles. The summed E-state index contributed by atoms with van der Waals surface area (Å²) in [7, 11) is 0. The third kappa shape index (κ3) is 5.35. The minimum absolute atomic E-state index is 0.145. The number of nitrogens with zero attached hydrogens (tertiary/aromatic N) is 2. The summed E-state index contributed by atoms with van der Waals surface area (Å²) < 4.78 is 0. The number of nitrogens with one attached hydrogen (secondary N) is 2. The molecule has 3 rings (SSSR count). The van der Waals surface area contributed by atoms with Crippen LogP contribution in [0, 0.1) is 6.92 Å². The first-order chi connectivity index (χ1) is 14.1. The second-order valence-corrected chi connectivity index (χ2v) is 6.89. The van der Waals surface area contributed by atoms with E-state index in [0.717, 1.165) is 29.9 Å². The van der Waals surface area contributed by atoms with Crippen LogP contribution in [0.5, 0.6) is 0 Å². The highest BCUT2D eigenvalue weighted by Gasteiger charge is 2.11. The number of rotatable bonds is 8. The molecule has 1 amide bonds. The first-order valence-electron chi connectivity index (χ1n) is 10.0. The topological polar surface area (TPSA) is 57.3 Å². The van der Waals surface area contributed by atoms with Crippen LogP contribution >= 0.6 is 0 Å². The zero-order chi connectivity index (χ0) is 20.6. The van der Waals surface area contributed by atoms with Crippen molar-refractivity contribution >= 4 is 23.1 Å². The predicted octanol–water partition coefficient (Wildman–Crippen LogP) is 5.10. The lowest BCUT2D eigenvalue weighted by molar-refractivity contribution is 0.102. The fourth-order valence-electron chi connectivity index (χ4n) is 3.22. The fourth-order valence-corrected chi connectivity index (χ4v) is 3.22. The molecule has 3 aromatic rings. The fraction of sp³-hybridized carbons (Fsp3) is 0.250. The quantitative estimate of drug-likeness (QED) is 0.564. The Balaban J connectivity index is 1.68. The number of hydrogen-bond acceptors (Lipinski definition) is 4. The lowest BCUT2D eigenvalue weighted by atomic mass is 10.1. The summed E-state index contributed by atoms with van der Waals surface area (Å²) in [6.45, 7) is 8.87. The van der Waals surface area contributed by atoms with Gasteiger partial charge in [-0.05, 0) is 62.2 Å². The molecule has 2 aromatic carbocycles. The van der Waals surface area contributed by atoms with Crippen molar-refractivity contribution in [3.05, 3.63) is 83.6 Å². The molecule has 150 valence electrons. The highest BCUT2D eigenvalue weighted by molar-refractivity contribution is 6.05. The minimum atomic E-state index is -0.145. The van der Waals surface area contributed by atoms with E-state index in [9.17, 15) is 4.79 Å². The van der Waals surface area contributed by atoms with Crippen LogP contribution in [0.25, 0.3) is 0 Å². The SMILES string of the molecule is CCN(CC)c1ccc(NC(=O)c2ccnc(NCc3ccccc3)c2)c(C)c1. The van der Waals surface area contributed by atoms with Crippen LogP contribution in [0.1, 0.15) is 35.3 Å². The van der Waals surface area contributed by atoms with Gasteiger partial charge in [-0.2, -0.15) is 0 Å². The number of benzene rings is 2. The lowest BCUT2D eigenvalue weighted by Gasteiger charge is -2.22. The van der Waals surface area contributed by atoms with Gasteiger partial charge in [-0.3, -0.25) is 4.79 Å². The van der Waals surface area contributed by atoms with Gasteiger partial charge in [-0.25, -0.2) is 4.98 Å². The zero-order valence-electron chi connectivity index (χ0n) is 17.3. The molecule has 0 saturated heterocycles. The number of carbonyl (C=O) groups is 1. The second kappa shape index (κ2) is 9.73. The molecule has 29 heavy (non-hydrogen) atoms. The van der Waals surface area contributed by atoms with Crippen molar-refractivity contribution in [1.82, 2.24) is 4.98 Å². The summed E-state index contributed by atoms with van der Waals surface area (Å²) >= 11 is 0. The Morgan fingerprint density at radius 2 is 1.76 bits per heavy atom. The van der Waals surface area contributed by atoms with E-state index in [1.165, 1.54) is 5.69 Å². The molecule has 0 unspecified atom stereocenters. The van der Waals surface area contributed by atoms with E-state index in [1.807, 2.05) is 43.3 Å². The molecule has 0 radical (unpaired) electrons. The van der Waals surface area contributed by atoms with E-state index >= 15 is 0 Å². The summed E-state index contributed by atoms with van der Waals surface area (Å²) in [5.41, 5.74) is 4.76. The van der Waals surface area contributed by atoms with Gasteiger partial charge in [0.25, 0.3) is 5.91 Å². The first kappa shape index (κ1) is 20.4. The van der Waals surface area contributed by atoms with E-state index in [1.54, 1.807) is 18.3 Å². The maximum absolute atomic E-state index is 12.7. The average molecular weight is 389 g/mol. The highest BCUT2D eigenvalue weighted by atomic mass is 16.1. The van der Waals surface area contributed by atoms with Crippen LogP contribution in [0.3, 0.4) is 0 Å². The molecular formula is C24H28N4O. The molecule has 0 spiro atoms. The molecule has 2 N–H and O–H groups in total. The Bertz CT molecular complexity index is 952. The molecule has 0 fully saturated rings. The Hall–Kier alpha value is -3.34. The van der Waals surface area contributed by atoms with Crippen molar-refractivity contribution in [2.24, 2.45) is 0 Å². The van der Waals surface area contributed by atoms with Crippen LogP contribution in [-0.4, -0.2) is 24.0 Å². The maximum Gasteiger partial charge on any atom is 0.255 e. The summed E-state index contributed by atoms with van der Waals surface area (Å²) in [4.78, 5) is 19.3. The first-order valence-corrected chi connectivity index (χ1v) is 10.0. The van der Waals surface area contributed by atoms with Crippen molar-refractivity contribution in [2.45, 2.75) is 27.3 Å². The van der Waals surface area contributed by atoms with E-state index < -0.39 is 0 Å². The van der Waals surface area contributed by atoms with Crippen molar-refractivity contribution < 1.29 is 4.79 Å². The van der Waals surface area contributed by atoms with Crippen molar-refractivity contribution in [3.63, 3.8) is 0 Å². The maximum atomic E-state index is 12.7. The van der Waals surface area contributed by atoms with E-state index in [2.05, 4.69) is 46.5 Å². The van der Waals surface area contributed by atoms with Gasteiger partial charge < -0.3 is 15.5 Å². The monoisotopic (exact) mass is 388 g/mol. The van der Waals surface area contributed by atoms with Crippen molar-refractivity contribution in [2.75, 3.05) is 28.6 Å². The van der Waals surface area contributed by atoms with Crippen LogP contribution in [-0.2, 0) is 6.54 Å². The third-order valence-corrected chi connectivity index (χ3v) is 4.93. The van der Waals surface area contributed by atoms with Gasteiger partial charge in [0.15, 0.2) is 0 Å². The lowest BCUT2D eigenvalue weighted by Crippen LogP contribution is -2.22. The van der Waals surface area contributed by atoms with E-state index in [-0.39, 0.29) is 5.91 Å². The average Bonchev–Trinajstić information content (AvgIpc) is 2.76. The van der Waals surface area contributed by atoms with Gasteiger partial charge in [-0.15, -0.1) is 0 Å².